The van der Waals surface area contributed by atoms with Gasteiger partial charge in [0.1, 0.15) is 6.61 Å². The Bertz CT molecular complexity index is 794. The van der Waals surface area contributed by atoms with E-state index < -0.39 is 0 Å². The van der Waals surface area contributed by atoms with Crippen LogP contribution < -0.4 is 19.5 Å². The number of likely N-dealkylation sites (tertiary alicyclic amines) is 1. The summed E-state index contributed by atoms with van der Waals surface area (Å²) in [4.78, 5) is 15.2. The molecule has 2 aromatic rings. The lowest BCUT2D eigenvalue weighted by atomic mass is 10.1. The van der Waals surface area contributed by atoms with Crippen molar-refractivity contribution in [2.24, 2.45) is 5.92 Å². The van der Waals surface area contributed by atoms with Crippen LogP contribution in [0.15, 0.2) is 42.5 Å². The Kier molecular flexibility index (Phi) is 7.97. The number of methoxy groups -OCH3 is 2. The smallest absolute Gasteiger partial charge is 0.251 e. The SMILES string of the molecule is COc1cc(C(=O)NCC(C)CN2CCCC2)cc(OC)c1OCc1ccccc1. The zero-order valence-corrected chi connectivity index (χ0v) is 18.1. The molecule has 1 aliphatic rings. The standard InChI is InChI=1S/C24H32N2O4/c1-18(16-26-11-7-8-12-26)15-25-24(27)20-13-21(28-2)23(22(14-20)29-3)30-17-19-9-5-4-6-10-19/h4-6,9-10,13-14,18H,7-8,11-12,15-17H2,1-3H3,(H,25,27). The fourth-order valence-corrected chi connectivity index (χ4v) is 3.72. The molecular formula is C24H32N2O4. The first-order chi connectivity index (χ1) is 14.6. The molecule has 162 valence electrons. The molecule has 6 nitrogen and oxygen atoms in total. The maximum absolute atomic E-state index is 12.7. The van der Waals surface area contributed by atoms with Crippen molar-refractivity contribution in [1.82, 2.24) is 10.2 Å². The van der Waals surface area contributed by atoms with Crippen molar-refractivity contribution >= 4 is 5.91 Å². The summed E-state index contributed by atoms with van der Waals surface area (Å²) in [6.45, 7) is 6.52. The van der Waals surface area contributed by atoms with Crippen molar-refractivity contribution in [3.05, 3.63) is 53.6 Å². The van der Waals surface area contributed by atoms with Crippen molar-refractivity contribution in [2.75, 3.05) is 40.4 Å². The van der Waals surface area contributed by atoms with Crippen molar-refractivity contribution in [3.63, 3.8) is 0 Å². The maximum Gasteiger partial charge on any atom is 0.251 e. The van der Waals surface area contributed by atoms with E-state index in [4.69, 9.17) is 14.2 Å². The largest absolute Gasteiger partial charge is 0.493 e. The number of rotatable bonds is 10. The maximum atomic E-state index is 12.7. The molecule has 0 aliphatic carbocycles. The molecule has 3 rings (SSSR count). The van der Waals surface area contributed by atoms with Gasteiger partial charge in [-0.25, -0.2) is 0 Å². The quantitative estimate of drug-likeness (QED) is 0.644. The highest BCUT2D eigenvalue weighted by atomic mass is 16.5. The highest BCUT2D eigenvalue weighted by Crippen LogP contribution is 2.39. The lowest BCUT2D eigenvalue weighted by Crippen LogP contribution is -2.34. The number of carbonyl (C=O) groups is 1. The van der Waals surface area contributed by atoms with Crippen LogP contribution in [-0.4, -0.2) is 51.2 Å². The predicted molar refractivity (Wildman–Crippen MR) is 117 cm³/mol. The number of benzene rings is 2. The van der Waals surface area contributed by atoms with Crippen molar-refractivity contribution < 1.29 is 19.0 Å². The first-order valence-electron chi connectivity index (χ1n) is 10.5. The van der Waals surface area contributed by atoms with Gasteiger partial charge in [-0.05, 0) is 49.5 Å². The third-order valence-electron chi connectivity index (χ3n) is 5.33. The van der Waals surface area contributed by atoms with E-state index >= 15 is 0 Å². The van der Waals surface area contributed by atoms with E-state index in [0.717, 1.165) is 25.2 Å². The summed E-state index contributed by atoms with van der Waals surface area (Å²) in [5, 5.41) is 3.04. The number of ether oxygens (including phenoxy) is 3. The second kappa shape index (κ2) is 10.9. The van der Waals surface area contributed by atoms with Crippen LogP contribution in [0.4, 0.5) is 0 Å². The molecule has 1 atom stereocenters. The summed E-state index contributed by atoms with van der Waals surface area (Å²) in [6.07, 6.45) is 2.55. The molecule has 1 saturated heterocycles. The van der Waals surface area contributed by atoms with Crippen molar-refractivity contribution in [2.45, 2.75) is 26.4 Å². The molecule has 0 aromatic heterocycles. The van der Waals surface area contributed by atoms with E-state index in [9.17, 15) is 4.79 Å². The molecule has 30 heavy (non-hydrogen) atoms. The highest BCUT2D eigenvalue weighted by molar-refractivity contribution is 5.95. The molecule has 1 N–H and O–H groups in total. The van der Waals surface area contributed by atoms with Crippen LogP contribution in [0.5, 0.6) is 17.2 Å². The van der Waals surface area contributed by atoms with Gasteiger partial charge in [-0.3, -0.25) is 4.79 Å². The summed E-state index contributed by atoms with van der Waals surface area (Å²) < 4.78 is 16.9. The van der Waals surface area contributed by atoms with Gasteiger partial charge in [0.2, 0.25) is 5.75 Å². The monoisotopic (exact) mass is 412 g/mol. The molecule has 0 radical (unpaired) electrons. The minimum Gasteiger partial charge on any atom is -0.493 e. The van der Waals surface area contributed by atoms with Crippen molar-refractivity contribution in [3.8, 4) is 17.2 Å². The Morgan fingerprint density at radius 1 is 1.07 bits per heavy atom. The molecule has 1 unspecified atom stereocenters. The van der Waals surface area contributed by atoms with E-state index in [1.165, 1.54) is 12.8 Å². The first-order valence-corrected chi connectivity index (χ1v) is 10.5. The summed E-state index contributed by atoms with van der Waals surface area (Å²) >= 11 is 0. The second-order valence-corrected chi connectivity index (χ2v) is 7.81. The van der Waals surface area contributed by atoms with Crippen LogP contribution in [0.2, 0.25) is 0 Å². The fourth-order valence-electron chi connectivity index (χ4n) is 3.72. The van der Waals surface area contributed by atoms with Crippen LogP contribution >= 0.6 is 0 Å². The Labute approximate surface area is 179 Å². The van der Waals surface area contributed by atoms with Crippen LogP contribution in [0.3, 0.4) is 0 Å². The lowest BCUT2D eigenvalue weighted by molar-refractivity contribution is 0.0944. The molecule has 1 aliphatic heterocycles. The summed E-state index contributed by atoms with van der Waals surface area (Å²) in [7, 11) is 3.12. The van der Waals surface area contributed by atoms with Gasteiger partial charge in [0.15, 0.2) is 11.5 Å². The topological polar surface area (TPSA) is 60.0 Å². The molecule has 0 spiro atoms. The van der Waals surface area contributed by atoms with E-state index in [1.807, 2.05) is 30.3 Å². The number of hydrogen-bond donors (Lipinski definition) is 1. The van der Waals surface area contributed by atoms with Gasteiger partial charge in [0, 0.05) is 18.7 Å². The third kappa shape index (κ3) is 5.89. The number of hydrogen-bond acceptors (Lipinski definition) is 5. The Hall–Kier alpha value is -2.73. The number of amides is 1. The van der Waals surface area contributed by atoms with Gasteiger partial charge in [-0.1, -0.05) is 37.3 Å². The van der Waals surface area contributed by atoms with E-state index in [2.05, 4.69) is 17.1 Å². The van der Waals surface area contributed by atoms with Gasteiger partial charge in [0.25, 0.3) is 5.91 Å². The average Bonchev–Trinajstić information content (AvgIpc) is 3.29. The van der Waals surface area contributed by atoms with Crippen LogP contribution in [-0.2, 0) is 6.61 Å². The Morgan fingerprint density at radius 2 is 1.70 bits per heavy atom. The summed E-state index contributed by atoms with van der Waals surface area (Å²) in [6, 6.07) is 13.3. The third-order valence-corrected chi connectivity index (χ3v) is 5.33. The van der Waals surface area contributed by atoms with Crippen LogP contribution in [0.25, 0.3) is 0 Å². The molecule has 1 amide bonds. The number of nitrogens with one attached hydrogen (secondary N) is 1. The lowest BCUT2D eigenvalue weighted by Gasteiger charge is -2.21. The molecule has 1 heterocycles. The van der Waals surface area contributed by atoms with Gasteiger partial charge < -0.3 is 24.4 Å². The summed E-state index contributed by atoms with van der Waals surface area (Å²) in [5.74, 6) is 1.68. The molecule has 1 fully saturated rings. The molecule has 6 heteroatoms. The van der Waals surface area contributed by atoms with Crippen LogP contribution in [0.1, 0.15) is 35.7 Å². The average molecular weight is 413 g/mol. The normalized spacial score (nSPS) is 14.9. The van der Waals surface area contributed by atoms with Gasteiger partial charge in [0.05, 0.1) is 14.2 Å². The van der Waals surface area contributed by atoms with Gasteiger partial charge in [-0.15, -0.1) is 0 Å². The highest BCUT2D eigenvalue weighted by Gasteiger charge is 2.19. The minimum absolute atomic E-state index is 0.144. The predicted octanol–water partition coefficient (Wildman–Crippen LogP) is 3.74. The van der Waals surface area contributed by atoms with Crippen molar-refractivity contribution in [1.29, 1.82) is 0 Å². The Balaban J connectivity index is 1.64. The molecule has 0 bridgehead atoms. The number of nitrogens with zero attached hydrogens (tertiary/aromatic N) is 1. The molecule has 2 aromatic carbocycles. The minimum atomic E-state index is -0.144. The summed E-state index contributed by atoms with van der Waals surface area (Å²) in [5.41, 5.74) is 1.53. The fraction of sp³-hybridized carbons (Fsp3) is 0.458. The van der Waals surface area contributed by atoms with Gasteiger partial charge >= 0.3 is 0 Å². The second-order valence-electron chi connectivity index (χ2n) is 7.81. The zero-order valence-electron chi connectivity index (χ0n) is 18.1. The van der Waals surface area contributed by atoms with E-state index in [-0.39, 0.29) is 5.91 Å². The van der Waals surface area contributed by atoms with Gasteiger partial charge in [-0.2, -0.15) is 0 Å². The molecule has 0 saturated carbocycles. The van der Waals surface area contributed by atoms with Crippen LogP contribution in [0, 0.1) is 5.92 Å². The molecular weight excluding hydrogens is 380 g/mol. The van der Waals surface area contributed by atoms with E-state index in [0.29, 0.717) is 41.9 Å². The zero-order chi connectivity index (χ0) is 21.3. The number of carbonyl (C=O) groups excluding carboxylic acids is 1. The van der Waals surface area contributed by atoms with E-state index in [1.54, 1.807) is 26.4 Å². The first kappa shape index (κ1) is 22.0. The Morgan fingerprint density at radius 3 is 2.30 bits per heavy atom.